The molecule has 0 aliphatic carbocycles. The first-order chi connectivity index (χ1) is 8.97. The highest BCUT2D eigenvalue weighted by atomic mass is 79.9. The van der Waals surface area contributed by atoms with Gasteiger partial charge in [-0.25, -0.2) is 0 Å². The van der Waals surface area contributed by atoms with E-state index in [9.17, 15) is 4.79 Å². The van der Waals surface area contributed by atoms with E-state index in [1.807, 2.05) is 26.0 Å². The summed E-state index contributed by atoms with van der Waals surface area (Å²) in [6, 6.07) is 5.34. The van der Waals surface area contributed by atoms with Crippen molar-refractivity contribution in [2.75, 3.05) is 0 Å². The molecule has 1 aromatic carbocycles. The van der Waals surface area contributed by atoms with Gasteiger partial charge in [-0.05, 0) is 37.1 Å². The third-order valence-electron chi connectivity index (χ3n) is 2.85. The Labute approximate surface area is 121 Å². The van der Waals surface area contributed by atoms with Crippen molar-refractivity contribution in [1.29, 1.82) is 0 Å². The van der Waals surface area contributed by atoms with Gasteiger partial charge in [0.25, 0.3) is 5.91 Å². The third kappa shape index (κ3) is 4.55. The summed E-state index contributed by atoms with van der Waals surface area (Å²) in [6.07, 6.45) is 1.03. The van der Waals surface area contributed by atoms with Gasteiger partial charge >= 0.3 is 0 Å². The number of nitrogens with zero attached hydrogens (tertiary/aromatic N) is 1. The minimum Gasteiger partial charge on any atom is -0.409 e. The van der Waals surface area contributed by atoms with E-state index in [0.29, 0.717) is 18.4 Å². The predicted molar refractivity (Wildman–Crippen MR) is 78.5 cm³/mol. The van der Waals surface area contributed by atoms with Gasteiger partial charge in [0, 0.05) is 22.5 Å². The van der Waals surface area contributed by atoms with E-state index < -0.39 is 0 Å². The molecule has 5 nitrogen and oxygen atoms in total. The number of amidine groups is 1. The molecular formula is C13H18BrN3O2. The van der Waals surface area contributed by atoms with Gasteiger partial charge < -0.3 is 16.3 Å². The quantitative estimate of drug-likeness (QED) is 0.336. The monoisotopic (exact) mass is 327 g/mol. The Kier molecular flexibility index (Phi) is 5.82. The van der Waals surface area contributed by atoms with Crippen LogP contribution in [0.1, 0.15) is 35.7 Å². The molecule has 0 saturated carbocycles. The summed E-state index contributed by atoms with van der Waals surface area (Å²) in [5.41, 5.74) is 6.98. The number of rotatable bonds is 5. The van der Waals surface area contributed by atoms with Crippen LogP contribution in [0.2, 0.25) is 0 Å². The Hall–Kier alpha value is -1.56. The second-order valence-corrected chi connectivity index (χ2v) is 5.25. The van der Waals surface area contributed by atoms with Crippen molar-refractivity contribution in [1.82, 2.24) is 5.32 Å². The molecular weight excluding hydrogens is 310 g/mol. The molecule has 1 aromatic rings. The van der Waals surface area contributed by atoms with Gasteiger partial charge in [0.15, 0.2) is 0 Å². The van der Waals surface area contributed by atoms with Gasteiger partial charge in [0.2, 0.25) is 0 Å². The molecule has 1 atom stereocenters. The number of hydrogen-bond donors (Lipinski definition) is 3. The number of hydrogen-bond acceptors (Lipinski definition) is 3. The van der Waals surface area contributed by atoms with Crippen LogP contribution >= 0.6 is 15.9 Å². The first-order valence-corrected chi connectivity index (χ1v) is 6.80. The topological polar surface area (TPSA) is 87.7 Å². The van der Waals surface area contributed by atoms with Gasteiger partial charge in [0.1, 0.15) is 5.84 Å². The van der Waals surface area contributed by atoms with E-state index in [0.717, 1.165) is 10.0 Å². The summed E-state index contributed by atoms with van der Waals surface area (Å²) in [4.78, 5) is 12.1. The first-order valence-electron chi connectivity index (χ1n) is 6.01. The van der Waals surface area contributed by atoms with Crippen LogP contribution in [0.15, 0.2) is 27.8 Å². The average Bonchev–Trinajstić information content (AvgIpc) is 2.37. The SMILES string of the molecule is CCC(CC(N)=NO)NC(=O)c1ccc(Br)cc1C. The Morgan fingerprint density at radius 2 is 2.26 bits per heavy atom. The molecule has 4 N–H and O–H groups in total. The highest BCUT2D eigenvalue weighted by Gasteiger charge is 2.15. The average molecular weight is 328 g/mol. The van der Waals surface area contributed by atoms with E-state index in [-0.39, 0.29) is 17.8 Å². The Balaban J connectivity index is 2.77. The summed E-state index contributed by atoms with van der Waals surface area (Å²) in [6.45, 7) is 3.81. The van der Waals surface area contributed by atoms with Gasteiger partial charge in [0.05, 0.1) is 0 Å². The van der Waals surface area contributed by atoms with Crippen LogP contribution in [-0.4, -0.2) is 23.0 Å². The normalized spacial score (nSPS) is 13.1. The van der Waals surface area contributed by atoms with E-state index in [1.165, 1.54) is 0 Å². The molecule has 1 unspecified atom stereocenters. The van der Waals surface area contributed by atoms with Crippen LogP contribution in [0.25, 0.3) is 0 Å². The van der Waals surface area contributed by atoms with E-state index in [2.05, 4.69) is 26.4 Å². The van der Waals surface area contributed by atoms with Gasteiger partial charge in [-0.3, -0.25) is 4.79 Å². The largest absolute Gasteiger partial charge is 0.409 e. The molecule has 0 heterocycles. The maximum atomic E-state index is 12.1. The molecule has 0 fully saturated rings. The summed E-state index contributed by atoms with van der Waals surface area (Å²) in [7, 11) is 0. The molecule has 0 radical (unpaired) electrons. The van der Waals surface area contributed by atoms with Crippen LogP contribution in [0.3, 0.4) is 0 Å². The number of oxime groups is 1. The number of aryl methyl sites for hydroxylation is 1. The maximum absolute atomic E-state index is 12.1. The zero-order chi connectivity index (χ0) is 14.4. The van der Waals surface area contributed by atoms with Gasteiger partial charge in [-0.1, -0.05) is 28.0 Å². The van der Waals surface area contributed by atoms with Crippen molar-refractivity contribution in [3.8, 4) is 0 Å². The lowest BCUT2D eigenvalue weighted by Crippen LogP contribution is -2.37. The summed E-state index contributed by atoms with van der Waals surface area (Å²) in [5, 5.41) is 14.4. The molecule has 0 spiro atoms. The molecule has 19 heavy (non-hydrogen) atoms. The lowest BCUT2D eigenvalue weighted by atomic mass is 10.1. The lowest BCUT2D eigenvalue weighted by Gasteiger charge is -2.17. The maximum Gasteiger partial charge on any atom is 0.251 e. The predicted octanol–water partition coefficient (Wildman–Crippen LogP) is 2.40. The Morgan fingerprint density at radius 3 is 2.79 bits per heavy atom. The lowest BCUT2D eigenvalue weighted by molar-refractivity contribution is 0.0936. The number of nitrogens with one attached hydrogen (secondary N) is 1. The molecule has 0 bridgehead atoms. The van der Waals surface area contributed by atoms with Gasteiger partial charge in [-0.2, -0.15) is 0 Å². The number of amides is 1. The van der Waals surface area contributed by atoms with Crippen LogP contribution in [0.5, 0.6) is 0 Å². The number of carbonyl (C=O) groups is 1. The zero-order valence-corrected chi connectivity index (χ0v) is 12.6. The fraction of sp³-hybridized carbons (Fsp3) is 0.385. The smallest absolute Gasteiger partial charge is 0.251 e. The van der Waals surface area contributed by atoms with E-state index in [4.69, 9.17) is 10.9 Å². The van der Waals surface area contributed by atoms with Crippen molar-refractivity contribution in [2.45, 2.75) is 32.7 Å². The second-order valence-electron chi connectivity index (χ2n) is 4.33. The Morgan fingerprint density at radius 1 is 1.58 bits per heavy atom. The van der Waals surface area contributed by atoms with Crippen molar-refractivity contribution in [3.63, 3.8) is 0 Å². The van der Waals surface area contributed by atoms with E-state index in [1.54, 1.807) is 6.07 Å². The number of benzene rings is 1. The van der Waals surface area contributed by atoms with Crippen molar-refractivity contribution < 1.29 is 10.0 Å². The zero-order valence-electron chi connectivity index (χ0n) is 11.0. The molecule has 0 aromatic heterocycles. The number of carbonyl (C=O) groups excluding carboxylic acids is 1. The number of nitrogens with two attached hydrogens (primary N) is 1. The van der Waals surface area contributed by atoms with E-state index >= 15 is 0 Å². The fourth-order valence-corrected chi connectivity index (χ4v) is 2.21. The minimum absolute atomic E-state index is 0.111. The van der Waals surface area contributed by atoms with Crippen LogP contribution in [0, 0.1) is 6.92 Å². The van der Waals surface area contributed by atoms with Crippen LogP contribution < -0.4 is 11.1 Å². The third-order valence-corrected chi connectivity index (χ3v) is 3.34. The first kappa shape index (κ1) is 15.5. The molecule has 0 aliphatic rings. The van der Waals surface area contributed by atoms with Crippen molar-refractivity contribution >= 4 is 27.7 Å². The standard InChI is InChI=1S/C13H18BrN3O2/c1-3-10(7-12(15)17-19)16-13(18)11-5-4-9(14)6-8(11)2/h4-6,10,19H,3,7H2,1-2H3,(H2,15,17)(H,16,18). The molecule has 104 valence electrons. The fourth-order valence-electron chi connectivity index (χ4n) is 1.74. The van der Waals surface area contributed by atoms with Crippen LogP contribution in [0.4, 0.5) is 0 Å². The molecule has 1 rings (SSSR count). The van der Waals surface area contributed by atoms with Crippen molar-refractivity contribution in [2.24, 2.45) is 10.9 Å². The summed E-state index contributed by atoms with van der Waals surface area (Å²) >= 11 is 3.36. The molecule has 6 heteroatoms. The van der Waals surface area contributed by atoms with Crippen LogP contribution in [-0.2, 0) is 0 Å². The minimum atomic E-state index is -0.150. The molecule has 0 saturated heterocycles. The second kappa shape index (κ2) is 7.13. The molecule has 0 aliphatic heterocycles. The van der Waals surface area contributed by atoms with Crippen molar-refractivity contribution in [3.05, 3.63) is 33.8 Å². The highest BCUT2D eigenvalue weighted by Crippen LogP contribution is 2.16. The molecule has 1 amide bonds. The summed E-state index contributed by atoms with van der Waals surface area (Å²) in [5.74, 6) is -0.0396. The highest BCUT2D eigenvalue weighted by molar-refractivity contribution is 9.10. The number of halogens is 1. The Bertz CT molecular complexity index is 489. The summed E-state index contributed by atoms with van der Waals surface area (Å²) < 4.78 is 0.935. The van der Waals surface area contributed by atoms with Gasteiger partial charge in [-0.15, -0.1) is 0 Å².